The highest BCUT2D eigenvalue weighted by atomic mass is 32.1. The number of thiophene rings is 1. The smallest absolute Gasteiger partial charge is 0.284 e. The molecule has 1 aromatic carbocycles. The Hall–Kier alpha value is -3.91. The number of aromatic nitrogens is 2. The van der Waals surface area contributed by atoms with E-state index in [0.29, 0.717) is 22.6 Å². The lowest BCUT2D eigenvalue weighted by molar-refractivity contribution is 0.0714. The monoisotopic (exact) mass is 444 g/mol. The molecule has 4 heterocycles. The van der Waals surface area contributed by atoms with Gasteiger partial charge in [0.1, 0.15) is 11.6 Å². The van der Waals surface area contributed by atoms with Gasteiger partial charge >= 0.3 is 0 Å². The minimum Gasteiger partial charge on any atom is -0.508 e. The largest absolute Gasteiger partial charge is 0.508 e. The second-order valence-electron chi connectivity index (χ2n) is 7.24. The van der Waals surface area contributed by atoms with Gasteiger partial charge in [0.25, 0.3) is 5.91 Å². The van der Waals surface area contributed by atoms with Crippen molar-refractivity contribution >= 4 is 23.0 Å². The number of hydrogen-bond acceptors (Lipinski definition) is 6. The van der Waals surface area contributed by atoms with E-state index in [0.717, 1.165) is 16.1 Å². The van der Waals surface area contributed by atoms with E-state index < -0.39 is 11.9 Å². The number of aromatic hydroxyl groups is 1. The zero-order valence-corrected chi connectivity index (χ0v) is 17.5. The SMILES string of the molecule is O=C(c1ccc(-c2ccccn2)s1)N1N=C(c2cccnc2)CC1c1cc(F)ccc1O. The second-order valence-corrected chi connectivity index (χ2v) is 8.32. The van der Waals surface area contributed by atoms with Crippen LogP contribution in [0.5, 0.6) is 5.75 Å². The Bertz CT molecular complexity index is 1310. The van der Waals surface area contributed by atoms with E-state index in [1.807, 2.05) is 30.3 Å². The average molecular weight is 444 g/mol. The highest BCUT2D eigenvalue weighted by Crippen LogP contribution is 2.39. The van der Waals surface area contributed by atoms with Crippen molar-refractivity contribution in [3.05, 3.63) is 101 Å². The number of hydrogen-bond donors (Lipinski definition) is 1. The maximum atomic E-state index is 14.0. The van der Waals surface area contributed by atoms with Crippen molar-refractivity contribution in [1.29, 1.82) is 0 Å². The van der Waals surface area contributed by atoms with E-state index in [2.05, 4.69) is 15.1 Å². The van der Waals surface area contributed by atoms with Gasteiger partial charge in [-0.2, -0.15) is 5.10 Å². The number of halogens is 1. The van der Waals surface area contributed by atoms with Gasteiger partial charge in [0.2, 0.25) is 0 Å². The maximum Gasteiger partial charge on any atom is 0.284 e. The Morgan fingerprint density at radius 3 is 2.78 bits per heavy atom. The molecule has 1 aliphatic rings. The average Bonchev–Trinajstić information content (AvgIpc) is 3.50. The third kappa shape index (κ3) is 3.76. The van der Waals surface area contributed by atoms with Crippen molar-refractivity contribution in [2.24, 2.45) is 5.10 Å². The van der Waals surface area contributed by atoms with Crippen molar-refractivity contribution in [2.45, 2.75) is 12.5 Å². The molecule has 5 rings (SSSR count). The molecule has 0 bridgehead atoms. The van der Waals surface area contributed by atoms with Crippen LogP contribution < -0.4 is 0 Å². The summed E-state index contributed by atoms with van der Waals surface area (Å²) in [7, 11) is 0. The minimum absolute atomic E-state index is 0.0859. The Morgan fingerprint density at radius 2 is 2.00 bits per heavy atom. The number of amides is 1. The van der Waals surface area contributed by atoms with Gasteiger partial charge in [-0.25, -0.2) is 9.40 Å². The van der Waals surface area contributed by atoms with Crippen molar-refractivity contribution in [2.75, 3.05) is 0 Å². The van der Waals surface area contributed by atoms with Crippen LogP contribution in [0.4, 0.5) is 4.39 Å². The summed E-state index contributed by atoms with van der Waals surface area (Å²) in [5, 5.41) is 16.3. The maximum absolute atomic E-state index is 14.0. The van der Waals surface area contributed by atoms with Crippen LogP contribution in [-0.2, 0) is 0 Å². The van der Waals surface area contributed by atoms with Crippen LogP contribution in [0.15, 0.2) is 84.4 Å². The van der Waals surface area contributed by atoms with E-state index in [9.17, 15) is 14.3 Å². The lowest BCUT2D eigenvalue weighted by Gasteiger charge is -2.22. The van der Waals surface area contributed by atoms with Crippen molar-refractivity contribution in [3.63, 3.8) is 0 Å². The first-order chi connectivity index (χ1) is 15.6. The summed E-state index contributed by atoms with van der Waals surface area (Å²) in [6.45, 7) is 0. The molecular weight excluding hydrogens is 427 g/mol. The predicted octanol–water partition coefficient (Wildman–Crippen LogP) is 5.04. The molecule has 1 atom stereocenters. The number of phenolic OH excluding ortho intramolecular Hbond substituents is 1. The number of carbonyl (C=O) groups is 1. The number of carbonyl (C=O) groups excluding carboxylic acids is 1. The van der Waals surface area contributed by atoms with Gasteiger partial charge in [0, 0.05) is 36.1 Å². The Balaban J connectivity index is 1.53. The summed E-state index contributed by atoms with van der Waals surface area (Å²) in [6, 6.07) is 15.9. The summed E-state index contributed by atoms with van der Waals surface area (Å²) >= 11 is 1.31. The molecule has 158 valence electrons. The molecule has 1 amide bonds. The van der Waals surface area contributed by atoms with Crippen molar-refractivity contribution in [1.82, 2.24) is 15.0 Å². The molecule has 0 fully saturated rings. The molecule has 1 N–H and O–H groups in total. The first-order valence-electron chi connectivity index (χ1n) is 9.91. The minimum atomic E-state index is -0.645. The second kappa shape index (κ2) is 8.32. The van der Waals surface area contributed by atoms with E-state index in [1.54, 1.807) is 30.7 Å². The summed E-state index contributed by atoms with van der Waals surface area (Å²) in [6.07, 6.45) is 5.35. The summed E-state index contributed by atoms with van der Waals surface area (Å²) in [5.41, 5.74) is 2.49. The molecule has 8 heteroatoms. The number of phenols is 1. The highest BCUT2D eigenvalue weighted by Gasteiger charge is 2.36. The number of pyridine rings is 2. The van der Waals surface area contributed by atoms with E-state index in [-0.39, 0.29) is 11.7 Å². The number of hydrazone groups is 1. The van der Waals surface area contributed by atoms with Gasteiger partial charge in [-0.1, -0.05) is 12.1 Å². The van der Waals surface area contributed by atoms with Gasteiger partial charge in [-0.05, 0) is 48.5 Å². The molecule has 0 aliphatic carbocycles. The zero-order valence-electron chi connectivity index (χ0n) is 16.7. The molecule has 6 nitrogen and oxygen atoms in total. The van der Waals surface area contributed by atoms with Crippen LogP contribution in [0, 0.1) is 5.82 Å². The number of benzene rings is 1. The van der Waals surface area contributed by atoms with Gasteiger partial charge < -0.3 is 5.11 Å². The van der Waals surface area contributed by atoms with Gasteiger partial charge in [-0.3, -0.25) is 14.8 Å². The molecule has 0 radical (unpaired) electrons. The summed E-state index contributed by atoms with van der Waals surface area (Å²) in [5.74, 6) is -0.907. The standard InChI is InChI=1S/C24H17FN4O2S/c25-16-6-7-21(30)17(12-16)20-13-19(15-4-3-10-26-14-15)28-29(20)24(31)23-9-8-22(32-23)18-5-1-2-11-27-18/h1-12,14,20,30H,13H2. The van der Waals surface area contributed by atoms with Crippen LogP contribution in [0.2, 0.25) is 0 Å². The quantitative estimate of drug-likeness (QED) is 0.478. The first-order valence-corrected chi connectivity index (χ1v) is 10.7. The predicted molar refractivity (Wildman–Crippen MR) is 120 cm³/mol. The lowest BCUT2D eigenvalue weighted by atomic mass is 9.98. The molecule has 1 unspecified atom stereocenters. The molecule has 3 aromatic heterocycles. The topological polar surface area (TPSA) is 78.7 Å². The van der Waals surface area contributed by atoms with Crippen molar-refractivity contribution < 1.29 is 14.3 Å². The van der Waals surface area contributed by atoms with Crippen LogP contribution in [0.3, 0.4) is 0 Å². The molecule has 0 saturated heterocycles. The Morgan fingerprint density at radius 1 is 1.09 bits per heavy atom. The van der Waals surface area contributed by atoms with Gasteiger partial charge in [-0.15, -0.1) is 11.3 Å². The van der Waals surface area contributed by atoms with Crippen molar-refractivity contribution in [3.8, 4) is 16.3 Å². The van der Waals surface area contributed by atoms with Crippen LogP contribution in [-0.4, -0.2) is 31.7 Å². The molecule has 0 spiro atoms. The van der Waals surface area contributed by atoms with Crippen LogP contribution in [0.1, 0.15) is 33.3 Å². The normalized spacial score (nSPS) is 15.6. The number of nitrogens with zero attached hydrogens (tertiary/aromatic N) is 4. The third-order valence-corrected chi connectivity index (χ3v) is 6.29. The van der Waals surface area contributed by atoms with Crippen LogP contribution in [0.25, 0.3) is 10.6 Å². The molecule has 1 aliphatic heterocycles. The zero-order chi connectivity index (χ0) is 22.1. The van der Waals surface area contributed by atoms with E-state index in [1.165, 1.54) is 34.5 Å². The summed E-state index contributed by atoms with van der Waals surface area (Å²) in [4.78, 5) is 23.3. The Labute approximate surface area is 187 Å². The first kappa shape index (κ1) is 20.0. The van der Waals surface area contributed by atoms with Gasteiger partial charge in [0.15, 0.2) is 0 Å². The molecule has 0 saturated carbocycles. The Kier molecular flexibility index (Phi) is 5.20. The fourth-order valence-corrected chi connectivity index (χ4v) is 4.57. The molecule has 4 aromatic rings. The molecule has 32 heavy (non-hydrogen) atoms. The third-order valence-electron chi connectivity index (χ3n) is 5.20. The van der Waals surface area contributed by atoms with E-state index >= 15 is 0 Å². The fraction of sp³-hybridized carbons (Fsp3) is 0.0833. The van der Waals surface area contributed by atoms with E-state index in [4.69, 9.17) is 0 Å². The van der Waals surface area contributed by atoms with Crippen LogP contribution >= 0.6 is 11.3 Å². The van der Waals surface area contributed by atoms with Gasteiger partial charge in [0.05, 0.1) is 27.2 Å². The number of rotatable bonds is 4. The fourth-order valence-electron chi connectivity index (χ4n) is 3.65. The molecular formula is C24H17FN4O2S. The highest BCUT2D eigenvalue weighted by molar-refractivity contribution is 7.17. The summed E-state index contributed by atoms with van der Waals surface area (Å²) < 4.78 is 14.0. The lowest BCUT2D eigenvalue weighted by Crippen LogP contribution is -2.26.